The van der Waals surface area contributed by atoms with Crippen LogP contribution < -0.4 is 0 Å². The molecule has 1 atom stereocenters. The Hall–Kier alpha value is -0.610. The summed E-state index contributed by atoms with van der Waals surface area (Å²) >= 11 is 0. The highest BCUT2D eigenvalue weighted by molar-refractivity contribution is 5.78. The van der Waals surface area contributed by atoms with Gasteiger partial charge in [0.05, 0.1) is 12.6 Å². The number of carbonyl (C=O) groups is 1. The molecule has 2 heterocycles. The number of fused-ring (bicyclic) bond motifs is 1. The van der Waals surface area contributed by atoms with E-state index in [1.165, 1.54) is 0 Å². The fourth-order valence-electron chi connectivity index (χ4n) is 2.30. The fraction of sp³-hybridized carbons (Fsp3) is 0.909. The van der Waals surface area contributed by atoms with Crippen molar-refractivity contribution in [2.75, 3.05) is 32.8 Å². The van der Waals surface area contributed by atoms with E-state index in [0.717, 1.165) is 19.6 Å². The quantitative estimate of drug-likeness (QED) is 0.580. The Morgan fingerprint density at radius 1 is 1.33 bits per heavy atom. The van der Waals surface area contributed by atoms with Crippen molar-refractivity contribution in [1.29, 1.82) is 0 Å². The first-order chi connectivity index (χ1) is 6.98. The molecule has 2 rings (SSSR count). The second-order valence-electron chi connectivity index (χ2n) is 5.37. The molecule has 0 aliphatic carbocycles. The van der Waals surface area contributed by atoms with Crippen LogP contribution in [-0.4, -0.2) is 60.1 Å². The summed E-state index contributed by atoms with van der Waals surface area (Å²) in [6, 6.07) is 0.263. The van der Waals surface area contributed by atoms with E-state index in [4.69, 9.17) is 4.74 Å². The minimum atomic E-state index is 0.153. The Morgan fingerprint density at radius 3 is 2.73 bits per heavy atom. The molecule has 2 saturated heterocycles. The summed E-state index contributed by atoms with van der Waals surface area (Å²) in [5.41, 5.74) is 0.187. The van der Waals surface area contributed by atoms with Crippen LogP contribution in [0.1, 0.15) is 20.8 Å². The zero-order valence-corrected chi connectivity index (χ0v) is 9.82. The average Bonchev–Trinajstić information content (AvgIpc) is 2.16. The van der Waals surface area contributed by atoms with Gasteiger partial charge in [-0.3, -0.25) is 9.69 Å². The number of ether oxygens (including phenoxy) is 1. The van der Waals surface area contributed by atoms with E-state index in [0.29, 0.717) is 6.61 Å². The Kier molecular flexibility index (Phi) is 2.73. The third-order valence-corrected chi connectivity index (χ3v) is 3.29. The van der Waals surface area contributed by atoms with Gasteiger partial charge in [-0.05, 0) is 20.8 Å². The third kappa shape index (κ3) is 2.16. The second-order valence-corrected chi connectivity index (χ2v) is 5.37. The topological polar surface area (TPSA) is 32.8 Å². The maximum absolute atomic E-state index is 11.6. The van der Waals surface area contributed by atoms with Gasteiger partial charge in [-0.15, -0.1) is 0 Å². The number of rotatable bonds is 0. The molecule has 0 N–H and O–H groups in total. The fourth-order valence-corrected chi connectivity index (χ4v) is 2.30. The molecular weight excluding hydrogens is 192 g/mol. The predicted octanol–water partition coefficient (Wildman–Crippen LogP) is 0.328. The monoisotopic (exact) mass is 212 g/mol. The molecule has 1 amide bonds. The lowest BCUT2D eigenvalue weighted by Crippen LogP contribution is -2.63. The Labute approximate surface area is 91.2 Å². The lowest BCUT2D eigenvalue weighted by atomic mass is 10.0. The van der Waals surface area contributed by atoms with Gasteiger partial charge in [0.15, 0.2) is 0 Å². The number of carbonyl (C=O) groups excluding carboxylic acids is 1. The molecule has 15 heavy (non-hydrogen) atoms. The number of morpholine rings is 1. The van der Waals surface area contributed by atoms with Gasteiger partial charge < -0.3 is 9.64 Å². The number of nitrogens with zero attached hydrogens (tertiary/aromatic N) is 2. The first kappa shape index (κ1) is 10.9. The molecule has 2 aliphatic rings. The van der Waals surface area contributed by atoms with Crippen molar-refractivity contribution < 1.29 is 9.53 Å². The van der Waals surface area contributed by atoms with Crippen LogP contribution in [0, 0.1) is 0 Å². The Morgan fingerprint density at radius 2 is 2.07 bits per heavy atom. The summed E-state index contributed by atoms with van der Waals surface area (Å²) in [6.45, 7) is 10.4. The molecule has 0 spiro atoms. The number of hydrogen-bond acceptors (Lipinski definition) is 3. The maximum atomic E-state index is 11.6. The molecule has 0 aromatic rings. The average molecular weight is 212 g/mol. The molecule has 2 aliphatic heterocycles. The molecule has 1 unspecified atom stereocenters. The van der Waals surface area contributed by atoms with E-state index < -0.39 is 0 Å². The van der Waals surface area contributed by atoms with Crippen LogP contribution >= 0.6 is 0 Å². The smallest absolute Gasteiger partial charge is 0.248 e. The minimum Gasteiger partial charge on any atom is -0.369 e. The maximum Gasteiger partial charge on any atom is 0.248 e. The number of amides is 1. The minimum absolute atomic E-state index is 0.153. The third-order valence-electron chi connectivity index (χ3n) is 3.29. The summed E-state index contributed by atoms with van der Waals surface area (Å²) in [5, 5.41) is 0. The molecule has 0 aromatic heterocycles. The van der Waals surface area contributed by atoms with E-state index in [-0.39, 0.29) is 24.1 Å². The van der Waals surface area contributed by atoms with Crippen molar-refractivity contribution in [2.24, 2.45) is 0 Å². The lowest BCUT2D eigenvalue weighted by molar-refractivity contribution is -0.154. The van der Waals surface area contributed by atoms with Crippen molar-refractivity contribution in [3.63, 3.8) is 0 Å². The molecule has 0 bridgehead atoms. The molecule has 4 nitrogen and oxygen atoms in total. The van der Waals surface area contributed by atoms with Crippen molar-refractivity contribution in [1.82, 2.24) is 9.80 Å². The van der Waals surface area contributed by atoms with E-state index in [1.807, 2.05) is 4.90 Å². The van der Waals surface area contributed by atoms with Crippen LogP contribution in [0.2, 0.25) is 0 Å². The first-order valence-corrected chi connectivity index (χ1v) is 5.61. The summed E-state index contributed by atoms with van der Waals surface area (Å²) in [4.78, 5) is 16.0. The van der Waals surface area contributed by atoms with Crippen molar-refractivity contribution >= 4 is 5.91 Å². The van der Waals surface area contributed by atoms with Crippen molar-refractivity contribution in [2.45, 2.75) is 32.4 Å². The van der Waals surface area contributed by atoms with E-state index in [2.05, 4.69) is 25.7 Å². The van der Waals surface area contributed by atoms with E-state index in [1.54, 1.807) is 0 Å². The molecule has 0 aromatic carbocycles. The Bertz CT molecular complexity index is 260. The van der Waals surface area contributed by atoms with E-state index >= 15 is 0 Å². The van der Waals surface area contributed by atoms with Crippen LogP contribution in [0.15, 0.2) is 0 Å². The highest BCUT2D eigenvalue weighted by Gasteiger charge is 2.36. The van der Waals surface area contributed by atoms with E-state index in [9.17, 15) is 4.79 Å². The van der Waals surface area contributed by atoms with Crippen LogP contribution in [0.3, 0.4) is 0 Å². The van der Waals surface area contributed by atoms with Gasteiger partial charge in [-0.2, -0.15) is 0 Å². The van der Waals surface area contributed by atoms with Crippen LogP contribution in [0.4, 0.5) is 0 Å². The van der Waals surface area contributed by atoms with Gasteiger partial charge >= 0.3 is 0 Å². The largest absolute Gasteiger partial charge is 0.369 e. The molecule has 0 saturated carbocycles. The zero-order chi connectivity index (χ0) is 11.1. The van der Waals surface area contributed by atoms with Gasteiger partial charge in [0.2, 0.25) is 5.91 Å². The summed E-state index contributed by atoms with van der Waals surface area (Å²) < 4.78 is 5.29. The normalized spacial score (nSPS) is 29.1. The van der Waals surface area contributed by atoms with Crippen LogP contribution in [-0.2, 0) is 9.53 Å². The first-order valence-electron chi connectivity index (χ1n) is 5.61. The van der Waals surface area contributed by atoms with Crippen molar-refractivity contribution in [3.8, 4) is 0 Å². The number of hydrogen-bond donors (Lipinski definition) is 0. The van der Waals surface area contributed by atoms with Gasteiger partial charge in [0.25, 0.3) is 0 Å². The lowest BCUT2D eigenvalue weighted by Gasteiger charge is -2.48. The highest BCUT2D eigenvalue weighted by Crippen LogP contribution is 2.21. The van der Waals surface area contributed by atoms with Gasteiger partial charge in [-0.1, -0.05) is 0 Å². The summed E-state index contributed by atoms with van der Waals surface area (Å²) in [6.07, 6.45) is 0. The summed E-state index contributed by atoms with van der Waals surface area (Å²) in [7, 11) is 0. The molecule has 4 heteroatoms. The molecular formula is C11H20N2O2. The zero-order valence-electron chi connectivity index (χ0n) is 9.82. The Balaban J connectivity index is 2.03. The standard InChI is InChI=1S/C11H20N2O2/c1-11(2,3)12-4-5-13-9(6-12)7-15-8-10(13)14/h9H,4-8H2,1-3H3. The SMILES string of the molecule is CC(C)(C)N1CCN2C(=O)COCC2C1. The predicted molar refractivity (Wildman–Crippen MR) is 57.6 cm³/mol. The van der Waals surface area contributed by atoms with Crippen LogP contribution in [0.5, 0.6) is 0 Å². The second kappa shape index (κ2) is 3.76. The van der Waals surface area contributed by atoms with Gasteiger partial charge in [0, 0.05) is 25.2 Å². The number of piperazine rings is 1. The molecule has 0 radical (unpaired) electrons. The molecule has 2 fully saturated rings. The highest BCUT2D eigenvalue weighted by atomic mass is 16.5. The van der Waals surface area contributed by atoms with Gasteiger partial charge in [0.1, 0.15) is 6.61 Å². The molecule has 86 valence electrons. The summed E-state index contributed by atoms with van der Waals surface area (Å²) in [5.74, 6) is 0.153. The van der Waals surface area contributed by atoms with Crippen molar-refractivity contribution in [3.05, 3.63) is 0 Å². The van der Waals surface area contributed by atoms with Crippen LogP contribution in [0.25, 0.3) is 0 Å². The van der Waals surface area contributed by atoms with Gasteiger partial charge in [-0.25, -0.2) is 0 Å².